The molecule has 0 spiro atoms. The van der Waals surface area contributed by atoms with Gasteiger partial charge in [0.1, 0.15) is 4.88 Å². The zero-order valence-electron chi connectivity index (χ0n) is 17.1. The monoisotopic (exact) mass is 450 g/mol. The summed E-state index contributed by atoms with van der Waals surface area (Å²) in [4.78, 5) is 32.0. The van der Waals surface area contributed by atoms with Gasteiger partial charge < -0.3 is 10.2 Å². The molecule has 0 bridgehead atoms. The summed E-state index contributed by atoms with van der Waals surface area (Å²) in [6.45, 7) is 5.08. The van der Waals surface area contributed by atoms with Gasteiger partial charge in [-0.25, -0.2) is 13.4 Å². The molecule has 2 heterocycles. The Hall–Kier alpha value is -2.30. The number of aryl methyl sites for hydroxylation is 2. The van der Waals surface area contributed by atoms with Crippen molar-refractivity contribution in [1.29, 1.82) is 0 Å². The maximum Gasteiger partial charge on any atom is 0.265 e. The van der Waals surface area contributed by atoms with Crippen LogP contribution in [0.5, 0.6) is 0 Å². The van der Waals surface area contributed by atoms with Crippen molar-refractivity contribution in [1.82, 2.24) is 19.5 Å². The van der Waals surface area contributed by atoms with E-state index in [4.69, 9.17) is 0 Å². The summed E-state index contributed by atoms with van der Waals surface area (Å²) >= 11 is 1.35. The summed E-state index contributed by atoms with van der Waals surface area (Å²) in [5.74, 6) is -0.369. The summed E-state index contributed by atoms with van der Waals surface area (Å²) in [7, 11) is -3.72. The Bertz CT molecular complexity index is 1010. The lowest BCUT2D eigenvalue weighted by Gasteiger charge is -2.24. The number of nitrogens with one attached hydrogen (secondary N) is 1. The molecule has 2 amide bonds. The van der Waals surface area contributed by atoms with Crippen molar-refractivity contribution in [3.8, 4) is 0 Å². The number of benzene rings is 1. The van der Waals surface area contributed by atoms with E-state index < -0.39 is 10.0 Å². The fourth-order valence-electron chi connectivity index (χ4n) is 3.36. The molecule has 8 nitrogen and oxygen atoms in total. The van der Waals surface area contributed by atoms with Crippen LogP contribution in [0.2, 0.25) is 0 Å². The predicted molar refractivity (Wildman–Crippen MR) is 115 cm³/mol. The van der Waals surface area contributed by atoms with E-state index >= 15 is 0 Å². The van der Waals surface area contributed by atoms with E-state index in [2.05, 4.69) is 10.3 Å². The van der Waals surface area contributed by atoms with E-state index in [0.29, 0.717) is 36.6 Å². The Kier molecular flexibility index (Phi) is 7.22. The van der Waals surface area contributed by atoms with Crippen molar-refractivity contribution in [3.05, 3.63) is 45.9 Å². The predicted octanol–water partition coefficient (Wildman–Crippen LogP) is 1.80. The molecule has 162 valence electrons. The van der Waals surface area contributed by atoms with Gasteiger partial charge in [0.25, 0.3) is 5.91 Å². The van der Waals surface area contributed by atoms with Crippen LogP contribution in [0, 0.1) is 13.8 Å². The third-order valence-electron chi connectivity index (χ3n) is 4.89. The number of carbonyl (C=O) groups is 2. The summed E-state index contributed by atoms with van der Waals surface area (Å²) in [5, 5.41) is 3.60. The molecule has 1 aromatic carbocycles. The maximum absolute atomic E-state index is 13.0. The van der Waals surface area contributed by atoms with E-state index in [0.717, 1.165) is 5.01 Å². The highest BCUT2D eigenvalue weighted by Gasteiger charge is 2.27. The van der Waals surface area contributed by atoms with Crippen molar-refractivity contribution >= 4 is 33.2 Å². The molecule has 0 aliphatic carbocycles. The molecule has 1 N–H and O–H groups in total. The van der Waals surface area contributed by atoms with E-state index in [1.807, 2.05) is 6.92 Å². The molecule has 1 aliphatic rings. The fourth-order valence-corrected chi connectivity index (χ4v) is 5.75. The lowest BCUT2D eigenvalue weighted by molar-refractivity contribution is -0.121. The van der Waals surface area contributed by atoms with E-state index in [-0.39, 0.29) is 36.2 Å². The number of thiazole rings is 1. The Labute approximate surface area is 181 Å². The summed E-state index contributed by atoms with van der Waals surface area (Å²) < 4.78 is 27.4. The SMILES string of the molecule is Cc1nc(C)c(C(=O)N2CCCN(S(=O)(=O)c3ccccc3)CCC(=O)NCC2)s1. The standard InChI is InChI=1S/C20H26N4O4S2/c1-15-19(29-16(2)22-15)20(26)23-11-6-12-24(13-9-18(25)21-10-14-23)30(27,28)17-7-4-3-5-8-17/h3-5,7-8H,6,9-14H2,1-2H3,(H,21,25). The average molecular weight is 451 g/mol. The molecule has 3 rings (SSSR count). The highest BCUT2D eigenvalue weighted by molar-refractivity contribution is 7.89. The lowest BCUT2D eigenvalue weighted by atomic mass is 10.3. The minimum Gasteiger partial charge on any atom is -0.354 e. The Morgan fingerprint density at radius 3 is 2.50 bits per heavy atom. The number of sulfonamides is 1. The van der Waals surface area contributed by atoms with Crippen molar-refractivity contribution in [3.63, 3.8) is 0 Å². The van der Waals surface area contributed by atoms with Gasteiger partial charge in [-0.15, -0.1) is 11.3 Å². The fraction of sp³-hybridized carbons (Fsp3) is 0.450. The molecule has 0 saturated carbocycles. The molecule has 0 radical (unpaired) electrons. The van der Waals surface area contributed by atoms with Crippen LogP contribution in [0.15, 0.2) is 35.2 Å². The molecule has 1 saturated heterocycles. The normalized spacial score (nSPS) is 17.3. The average Bonchev–Trinajstić information content (AvgIpc) is 3.04. The molecule has 0 unspecified atom stereocenters. The highest BCUT2D eigenvalue weighted by Crippen LogP contribution is 2.20. The van der Waals surface area contributed by atoms with Crippen LogP contribution in [0.25, 0.3) is 0 Å². The molecule has 0 atom stereocenters. The molecular formula is C20H26N4O4S2. The van der Waals surface area contributed by atoms with Gasteiger partial charge >= 0.3 is 0 Å². The number of hydrogen-bond acceptors (Lipinski definition) is 6. The van der Waals surface area contributed by atoms with Crippen LogP contribution in [0.4, 0.5) is 0 Å². The van der Waals surface area contributed by atoms with Gasteiger partial charge in [0.2, 0.25) is 15.9 Å². The second-order valence-corrected chi connectivity index (χ2v) is 10.3. The second-order valence-electron chi connectivity index (χ2n) is 7.11. The van der Waals surface area contributed by atoms with Crippen LogP contribution in [-0.4, -0.2) is 67.1 Å². The Morgan fingerprint density at radius 2 is 1.83 bits per heavy atom. The minimum absolute atomic E-state index is 0.0765. The van der Waals surface area contributed by atoms with Gasteiger partial charge in [0.05, 0.1) is 15.6 Å². The Morgan fingerprint density at radius 1 is 1.10 bits per heavy atom. The molecule has 1 aliphatic heterocycles. The van der Waals surface area contributed by atoms with Crippen molar-refractivity contribution in [2.75, 3.05) is 32.7 Å². The van der Waals surface area contributed by atoms with Gasteiger partial charge in [0.15, 0.2) is 0 Å². The number of amides is 2. The van der Waals surface area contributed by atoms with Crippen LogP contribution < -0.4 is 5.32 Å². The topological polar surface area (TPSA) is 99.7 Å². The number of nitrogens with zero attached hydrogens (tertiary/aromatic N) is 3. The van der Waals surface area contributed by atoms with Crippen LogP contribution in [-0.2, 0) is 14.8 Å². The van der Waals surface area contributed by atoms with E-state index in [1.54, 1.807) is 42.2 Å². The first-order valence-electron chi connectivity index (χ1n) is 9.84. The highest BCUT2D eigenvalue weighted by atomic mass is 32.2. The van der Waals surface area contributed by atoms with E-state index in [9.17, 15) is 18.0 Å². The molecule has 1 fully saturated rings. The number of rotatable bonds is 3. The largest absolute Gasteiger partial charge is 0.354 e. The van der Waals surface area contributed by atoms with Crippen molar-refractivity contribution in [2.45, 2.75) is 31.6 Å². The third-order valence-corrected chi connectivity index (χ3v) is 7.87. The first kappa shape index (κ1) is 22.4. The first-order valence-corrected chi connectivity index (χ1v) is 12.1. The van der Waals surface area contributed by atoms with Gasteiger partial charge in [-0.3, -0.25) is 9.59 Å². The number of aromatic nitrogens is 1. The smallest absolute Gasteiger partial charge is 0.265 e. The quantitative estimate of drug-likeness (QED) is 0.769. The van der Waals surface area contributed by atoms with Crippen LogP contribution >= 0.6 is 11.3 Å². The third kappa shape index (κ3) is 5.24. The van der Waals surface area contributed by atoms with Crippen molar-refractivity contribution in [2.24, 2.45) is 0 Å². The first-order chi connectivity index (χ1) is 14.3. The van der Waals surface area contributed by atoms with Gasteiger partial charge in [-0.2, -0.15) is 4.31 Å². The second kappa shape index (κ2) is 9.67. The number of carbonyl (C=O) groups excluding carboxylic acids is 2. The maximum atomic E-state index is 13.0. The summed E-state index contributed by atoms with van der Waals surface area (Å²) in [5.41, 5.74) is 0.689. The zero-order chi connectivity index (χ0) is 21.7. The molecule has 30 heavy (non-hydrogen) atoms. The molecule has 2 aromatic rings. The van der Waals surface area contributed by atoms with E-state index in [1.165, 1.54) is 15.6 Å². The van der Waals surface area contributed by atoms with Crippen LogP contribution in [0.1, 0.15) is 33.2 Å². The minimum atomic E-state index is -3.72. The van der Waals surface area contributed by atoms with Gasteiger partial charge in [0, 0.05) is 39.1 Å². The molecular weight excluding hydrogens is 424 g/mol. The zero-order valence-corrected chi connectivity index (χ0v) is 18.8. The molecule has 1 aromatic heterocycles. The Balaban J connectivity index is 1.79. The molecule has 10 heteroatoms. The van der Waals surface area contributed by atoms with Crippen LogP contribution in [0.3, 0.4) is 0 Å². The van der Waals surface area contributed by atoms with Crippen molar-refractivity contribution < 1.29 is 18.0 Å². The number of hydrogen-bond donors (Lipinski definition) is 1. The summed E-state index contributed by atoms with van der Waals surface area (Å²) in [6.07, 6.45) is 0.552. The summed E-state index contributed by atoms with van der Waals surface area (Å²) in [6, 6.07) is 8.19. The van der Waals surface area contributed by atoms with Gasteiger partial charge in [-0.05, 0) is 32.4 Å². The van der Waals surface area contributed by atoms with Gasteiger partial charge in [-0.1, -0.05) is 18.2 Å². The lowest BCUT2D eigenvalue weighted by Crippen LogP contribution is -2.39.